The highest BCUT2D eigenvalue weighted by atomic mass is 16.3. The van der Waals surface area contributed by atoms with Crippen molar-refractivity contribution in [2.75, 3.05) is 0 Å². The van der Waals surface area contributed by atoms with E-state index in [4.69, 9.17) is 4.42 Å². The minimum atomic E-state index is 0.0277. The molecule has 0 fully saturated rings. The molecule has 0 saturated heterocycles. The van der Waals surface area contributed by atoms with Gasteiger partial charge in [-0.25, -0.2) is 9.97 Å². The van der Waals surface area contributed by atoms with Gasteiger partial charge in [-0.3, -0.25) is 0 Å². The van der Waals surface area contributed by atoms with E-state index in [1.54, 1.807) is 6.33 Å². The van der Waals surface area contributed by atoms with E-state index < -0.39 is 0 Å². The molecule has 33 heavy (non-hydrogen) atoms. The van der Waals surface area contributed by atoms with Crippen molar-refractivity contribution in [1.82, 2.24) is 9.97 Å². The summed E-state index contributed by atoms with van der Waals surface area (Å²) >= 11 is 0. The lowest BCUT2D eigenvalue weighted by Crippen LogP contribution is -2.12. The van der Waals surface area contributed by atoms with Crippen molar-refractivity contribution in [2.24, 2.45) is 5.92 Å². The molecule has 0 bridgehead atoms. The van der Waals surface area contributed by atoms with Gasteiger partial charge in [-0.05, 0) is 63.9 Å². The Hall–Kier alpha value is -3.46. The molecule has 166 valence electrons. The lowest BCUT2D eigenvalue weighted by atomic mass is 9.82. The molecule has 5 aromatic rings. The first kappa shape index (κ1) is 21.4. The second-order valence-corrected chi connectivity index (χ2v) is 10.4. The molecule has 2 aromatic heterocycles. The summed E-state index contributed by atoms with van der Waals surface area (Å²) in [6, 6.07) is 21.7. The molecule has 0 aliphatic carbocycles. The van der Waals surface area contributed by atoms with Crippen LogP contribution in [0, 0.1) is 5.92 Å². The average Bonchev–Trinajstić information content (AvgIpc) is 3.20. The summed E-state index contributed by atoms with van der Waals surface area (Å²) in [7, 11) is 0. The van der Waals surface area contributed by atoms with E-state index >= 15 is 0 Å². The topological polar surface area (TPSA) is 38.9 Å². The van der Waals surface area contributed by atoms with E-state index in [1.165, 1.54) is 21.9 Å². The Labute approximate surface area is 195 Å². The number of hydrogen-bond acceptors (Lipinski definition) is 3. The summed E-state index contributed by atoms with van der Waals surface area (Å²) in [5, 5.41) is 3.61. The fourth-order valence-electron chi connectivity index (χ4n) is 4.61. The van der Waals surface area contributed by atoms with Crippen molar-refractivity contribution in [3.05, 3.63) is 84.4 Å². The van der Waals surface area contributed by atoms with Gasteiger partial charge in [0.25, 0.3) is 0 Å². The Morgan fingerprint density at radius 3 is 2.42 bits per heavy atom. The molecule has 0 amide bonds. The monoisotopic (exact) mass is 434 g/mol. The number of rotatable bonds is 4. The summed E-state index contributed by atoms with van der Waals surface area (Å²) in [4.78, 5) is 9.23. The number of nitrogens with zero attached hydrogens (tertiary/aromatic N) is 2. The molecule has 3 aromatic carbocycles. The van der Waals surface area contributed by atoms with E-state index in [1.807, 2.05) is 6.26 Å². The lowest BCUT2D eigenvalue weighted by Gasteiger charge is -2.22. The number of benzene rings is 3. The molecule has 0 aliphatic heterocycles. The van der Waals surface area contributed by atoms with Gasteiger partial charge in [-0.1, -0.05) is 71.0 Å². The molecule has 3 nitrogen and oxygen atoms in total. The van der Waals surface area contributed by atoms with E-state index in [0.29, 0.717) is 5.92 Å². The summed E-state index contributed by atoms with van der Waals surface area (Å²) < 4.78 is 5.93. The van der Waals surface area contributed by atoms with Gasteiger partial charge < -0.3 is 4.42 Å². The van der Waals surface area contributed by atoms with Crippen molar-refractivity contribution in [2.45, 2.75) is 46.5 Å². The Morgan fingerprint density at radius 2 is 1.64 bits per heavy atom. The van der Waals surface area contributed by atoms with Gasteiger partial charge in [-0.15, -0.1) is 0 Å². The first-order valence-corrected chi connectivity index (χ1v) is 11.7. The first-order chi connectivity index (χ1) is 15.8. The molecule has 5 rings (SSSR count). The second-order valence-electron chi connectivity index (χ2n) is 10.4. The van der Waals surface area contributed by atoms with Crippen LogP contribution in [0.4, 0.5) is 0 Å². The van der Waals surface area contributed by atoms with Gasteiger partial charge in [0.1, 0.15) is 18.2 Å². The normalized spacial score (nSPS) is 12.2. The summed E-state index contributed by atoms with van der Waals surface area (Å²) in [6.45, 7) is 11.2. The van der Waals surface area contributed by atoms with Crippen molar-refractivity contribution in [3.63, 3.8) is 0 Å². The Kier molecular flexibility index (Phi) is 5.28. The van der Waals surface area contributed by atoms with E-state index in [-0.39, 0.29) is 5.41 Å². The molecule has 0 aliphatic rings. The van der Waals surface area contributed by atoms with Gasteiger partial charge in [0, 0.05) is 16.5 Å². The van der Waals surface area contributed by atoms with Crippen molar-refractivity contribution in [3.8, 4) is 22.5 Å². The van der Waals surface area contributed by atoms with Gasteiger partial charge in [0.15, 0.2) is 0 Å². The molecule has 0 N–H and O–H groups in total. The fourth-order valence-corrected chi connectivity index (χ4v) is 4.61. The number of aromatic nitrogens is 2. The zero-order chi connectivity index (χ0) is 23.2. The number of hydrogen-bond donors (Lipinski definition) is 0. The van der Waals surface area contributed by atoms with Crippen molar-refractivity contribution in [1.29, 1.82) is 0 Å². The van der Waals surface area contributed by atoms with Crippen LogP contribution >= 0.6 is 0 Å². The van der Waals surface area contributed by atoms with Crippen LogP contribution in [-0.4, -0.2) is 9.97 Å². The Balaban J connectivity index is 1.60. The van der Waals surface area contributed by atoms with Gasteiger partial charge >= 0.3 is 0 Å². The van der Waals surface area contributed by atoms with Crippen LogP contribution in [0.2, 0.25) is 0 Å². The molecule has 0 saturated carbocycles. The van der Waals surface area contributed by atoms with Crippen LogP contribution in [0.15, 0.2) is 77.7 Å². The third-order valence-corrected chi connectivity index (χ3v) is 6.19. The maximum Gasteiger partial charge on any atom is 0.134 e. The SMILES string of the molecule is CC(C)Cc1ccc2c(-c3cc(-c4cc(C(C)(C)C)c5ccccc5c4)ncn3)coc2c1. The minimum Gasteiger partial charge on any atom is -0.464 e. The van der Waals surface area contributed by atoms with Crippen LogP contribution in [0.25, 0.3) is 44.3 Å². The van der Waals surface area contributed by atoms with Crippen molar-refractivity contribution >= 4 is 21.7 Å². The zero-order valence-corrected chi connectivity index (χ0v) is 20.0. The van der Waals surface area contributed by atoms with Crippen LogP contribution in [0.1, 0.15) is 45.7 Å². The highest BCUT2D eigenvalue weighted by molar-refractivity contribution is 5.94. The zero-order valence-electron chi connectivity index (χ0n) is 20.0. The van der Waals surface area contributed by atoms with Crippen LogP contribution in [-0.2, 0) is 11.8 Å². The molecule has 3 heteroatoms. The first-order valence-electron chi connectivity index (χ1n) is 11.7. The predicted molar refractivity (Wildman–Crippen MR) is 137 cm³/mol. The van der Waals surface area contributed by atoms with Gasteiger partial charge in [-0.2, -0.15) is 0 Å². The predicted octanol–water partition coefficient (Wildman–Crippen LogP) is 8.21. The number of fused-ring (bicyclic) bond motifs is 2. The largest absolute Gasteiger partial charge is 0.464 e. The highest BCUT2D eigenvalue weighted by Crippen LogP contribution is 2.36. The molecule has 2 heterocycles. The van der Waals surface area contributed by atoms with E-state index in [0.717, 1.165) is 39.9 Å². The highest BCUT2D eigenvalue weighted by Gasteiger charge is 2.19. The smallest absolute Gasteiger partial charge is 0.134 e. The fraction of sp³-hybridized carbons (Fsp3) is 0.267. The maximum absolute atomic E-state index is 5.93. The Bertz CT molecular complexity index is 1450. The second kappa shape index (κ2) is 8.15. The third-order valence-electron chi connectivity index (χ3n) is 6.19. The van der Waals surface area contributed by atoms with Crippen LogP contribution in [0.3, 0.4) is 0 Å². The van der Waals surface area contributed by atoms with E-state index in [2.05, 4.69) is 105 Å². The molecule has 0 radical (unpaired) electrons. The summed E-state index contributed by atoms with van der Waals surface area (Å²) in [6.07, 6.45) is 4.52. The quantitative estimate of drug-likeness (QED) is 0.286. The van der Waals surface area contributed by atoms with Crippen LogP contribution < -0.4 is 0 Å². The standard InChI is InChI=1S/C30H30N2O/c1-19(2)12-20-10-11-24-25(17-33-29(24)13-20)28-16-27(31-18-32-28)22-14-21-8-6-7-9-23(21)26(15-22)30(3,4)5/h6-11,13-19H,12H2,1-5H3. The molecule has 0 atom stereocenters. The van der Waals surface area contributed by atoms with Crippen molar-refractivity contribution < 1.29 is 4.42 Å². The molecular weight excluding hydrogens is 404 g/mol. The lowest BCUT2D eigenvalue weighted by molar-refractivity contribution is 0.596. The molecule has 0 spiro atoms. The van der Waals surface area contributed by atoms with Crippen LogP contribution in [0.5, 0.6) is 0 Å². The summed E-state index contributed by atoms with van der Waals surface area (Å²) in [5.41, 5.74) is 7.46. The van der Waals surface area contributed by atoms with E-state index in [9.17, 15) is 0 Å². The van der Waals surface area contributed by atoms with Gasteiger partial charge in [0.2, 0.25) is 0 Å². The van der Waals surface area contributed by atoms with Gasteiger partial charge in [0.05, 0.1) is 11.4 Å². The maximum atomic E-state index is 5.93. The number of furan rings is 1. The average molecular weight is 435 g/mol. The minimum absolute atomic E-state index is 0.0277. The summed E-state index contributed by atoms with van der Waals surface area (Å²) in [5.74, 6) is 0.612. The Morgan fingerprint density at radius 1 is 0.848 bits per heavy atom. The molecular formula is C30H30N2O. The molecule has 0 unspecified atom stereocenters. The third kappa shape index (κ3) is 4.16.